The molecule has 0 aromatic heterocycles. The first-order chi connectivity index (χ1) is 15.9. The average Bonchev–Trinajstić information content (AvgIpc) is 3.37. The minimum Gasteiger partial charge on any atom is -0.0619 e. The Morgan fingerprint density at radius 1 is 0.250 bits per heavy atom. The van der Waals surface area contributed by atoms with Gasteiger partial charge >= 0.3 is 0 Å². The molecule has 0 aliphatic heterocycles. The summed E-state index contributed by atoms with van der Waals surface area (Å²) in [6.07, 6.45) is 0. The van der Waals surface area contributed by atoms with Crippen LogP contribution < -0.4 is 0 Å². The Labute approximate surface area is 188 Å². The molecule has 7 rings (SSSR count). The fourth-order valence-electron chi connectivity index (χ4n) is 6.02. The van der Waals surface area contributed by atoms with Gasteiger partial charge in [-0.3, -0.25) is 0 Å². The second-order valence-corrected chi connectivity index (χ2v) is 8.84. The van der Waals surface area contributed by atoms with Gasteiger partial charge in [0.05, 0.1) is 0 Å². The van der Waals surface area contributed by atoms with Crippen molar-refractivity contribution in [3.63, 3.8) is 0 Å². The molecule has 0 atom stereocenters. The highest BCUT2D eigenvalue weighted by Gasteiger charge is 2.35. The average molecular weight is 407 g/mol. The zero-order chi connectivity index (χ0) is 21.1. The molecule has 5 aromatic carbocycles. The van der Waals surface area contributed by atoms with Crippen LogP contribution in [0.2, 0.25) is 0 Å². The van der Waals surface area contributed by atoms with E-state index in [9.17, 15) is 0 Å². The Morgan fingerprint density at radius 3 is 0.750 bits per heavy atom. The first kappa shape index (κ1) is 17.7. The summed E-state index contributed by atoms with van der Waals surface area (Å²) in [7, 11) is 0. The van der Waals surface area contributed by atoms with Crippen LogP contribution in [-0.2, 0) is 0 Å². The predicted octanol–water partition coefficient (Wildman–Crippen LogP) is 8.01. The molecule has 0 radical (unpaired) electrons. The molecular weight excluding hydrogens is 384 g/mol. The van der Waals surface area contributed by atoms with Gasteiger partial charge in [0.15, 0.2) is 0 Å². The fraction of sp³-hybridized carbons (Fsp3) is 0.0625. The van der Waals surface area contributed by atoms with E-state index in [1.807, 2.05) is 0 Å². The van der Waals surface area contributed by atoms with Crippen LogP contribution in [-0.4, -0.2) is 0 Å². The highest BCUT2D eigenvalue weighted by molar-refractivity contribution is 5.83. The third kappa shape index (κ3) is 2.38. The molecule has 2 aliphatic rings. The van der Waals surface area contributed by atoms with E-state index in [0.717, 1.165) is 0 Å². The molecule has 0 bridgehead atoms. The molecule has 0 amide bonds. The normalized spacial score (nSPS) is 14.0. The molecular formula is C32H22. The largest absolute Gasteiger partial charge is 0.0619 e. The lowest BCUT2D eigenvalue weighted by atomic mass is 9.79. The van der Waals surface area contributed by atoms with Gasteiger partial charge in [-0.25, -0.2) is 0 Å². The Bertz CT molecular complexity index is 1280. The summed E-state index contributed by atoms with van der Waals surface area (Å²) in [6.45, 7) is 0. The third-order valence-electron chi connectivity index (χ3n) is 7.29. The minimum atomic E-state index is 0.263. The summed E-state index contributed by atoms with van der Waals surface area (Å²) >= 11 is 0. The van der Waals surface area contributed by atoms with E-state index in [0.29, 0.717) is 0 Å². The van der Waals surface area contributed by atoms with E-state index >= 15 is 0 Å². The van der Waals surface area contributed by atoms with Crippen molar-refractivity contribution in [1.82, 2.24) is 0 Å². The maximum Gasteiger partial charge on any atom is 0.0355 e. The molecule has 0 heterocycles. The van der Waals surface area contributed by atoms with Crippen LogP contribution >= 0.6 is 0 Å². The third-order valence-corrected chi connectivity index (χ3v) is 7.29. The first-order valence-corrected chi connectivity index (χ1v) is 11.4. The van der Waals surface area contributed by atoms with Gasteiger partial charge in [-0.15, -0.1) is 0 Å². The van der Waals surface area contributed by atoms with Gasteiger partial charge in [0, 0.05) is 11.8 Å². The zero-order valence-corrected chi connectivity index (χ0v) is 17.7. The second-order valence-electron chi connectivity index (χ2n) is 8.84. The molecule has 0 unspecified atom stereocenters. The minimum absolute atomic E-state index is 0.263. The molecule has 5 aromatic rings. The number of benzene rings is 5. The van der Waals surface area contributed by atoms with Crippen molar-refractivity contribution in [1.29, 1.82) is 0 Å². The molecule has 32 heavy (non-hydrogen) atoms. The Balaban J connectivity index is 1.50. The Hall–Kier alpha value is -3.90. The van der Waals surface area contributed by atoms with E-state index in [2.05, 4.69) is 121 Å². The van der Waals surface area contributed by atoms with Crippen LogP contribution in [0.4, 0.5) is 0 Å². The lowest BCUT2D eigenvalue weighted by molar-refractivity contribution is 0.926. The van der Waals surface area contributed by atoms with Gasteiger partial charge < -0.3 is 0 Å². The van der Waals surface area contributed by atoms with Crippen LogP contribution in [0.3, 0.4) is 0 Å². The summed E-state index contributed by atoms with van der Waals surface area (Å²) in [5.74, 6) is 0.525. The zero-order valence-electron chi connectivity index (χ0n) is 17.7. The molecule has 2 aliphatic carbocycles. The molecule has 0 heteroatoms. The number of rotatable bonds is 2. The maximum atomic E-state index is 2.35. The fourth-order valence-corrected chi connectivity index (χ4v) is 6.02. The van der Waals surface area contributed by atoms with Crippen molar-refractivity contribution < 1.29 is 0 Å². The van der Waals surface area contributed by atoms with Crippen molar-refractivity contribution in [3.05, 3.63) is 155 Å². The number of fused-ring (bicyclic) bond motifs is 6. The van der Waals surface area contributed by atoms with Crippen molar-refractivity contribution >= 4 is 0 Å². The summed E-state index contributed by atoms with van der Waals surface area (Å²) < 4.78 is 0. The molecule has 0 nitrogen and oxygen atoms in total. The molecule has 0 spiro atoms. The molecule has 0 N–H and O–H groups in total. The summed E-state index contributed by atoms with van der Waals surface area (Å²) in [5, 5.41) is 0. The number of hydrogen-bond acceptors (Lipinski definition) is 0. The van der Waals surface area contributed by atoms with Crippen LogP contribution in [0.5, 0.6) is 0 Å². The lowest BCUT2D eigenvalue weighted by Crippen LogP contribution is -2.08. The van der Waals surface area contributed by atoms with Crippen LogP contribution in [0.25, 0.3) is 22.3 Å². The van der Waals surface area contributed by atoms with Crippen molar-refractivity contribution in [2.45, 2.75) is 11.8 Å². The summed E-state index contributed by atoms with van der Waals surface area (Å²) in [6, 6.07) is 44.8. The SMILES string of the molecule is c1ccc2c(c1)-c1ccccc1C2c1ccccc1C1c2ccccc2-c2ccccc21. The van der Waals surface area contributed by atoms with Gasteiger partial charge in [-0.1, -0.05) is 121 Å². The topological polar surface area (TPSA) is 0 Å². The Morgan fingerprint density at radius 2 is 0.469 bits per heavy atom. The molecule has 0 fully saturated rings. The van der Waals surface area contributed by atoms with Crippen molar-refractivity contribution in [2.75, 3.05) is 0 Å². The molecule has 150 valence electrons. The first-order valence-electron chi connectivity index (χ1n) is 11.4. The maximum absolute atomic E-state index is 2.35. The highest BCUT2D eigenvalue weighted by atomic mass is 14.4. The smallest absolute Gasteiger partial charge is 0.0355 e. The van der Waals surface area contributed by atoms with E-state index in [4.69, 9.17) is 0 Å². The van der Waals surface area contributed by atoms with Crippen LogP contribution in [0, 0.1) is 0 Å². The van der Waals surface area contributed by atoms with Crippen molar-refractivity contribution in [3.8, 4) is 22.3 Å². The van der Waals surface area contributed by atoms with Gasteiger partial charge in [-0.2, -0.15) is 0 Å². The lowest BCUT2D eigenvalue weighted by Gasteiger charge is -2.23. The highest BCUT2D eigenvalue weighted by Crippen LogP contribution is 2.53. The Kier molecular flexibility index (Phi) is 3.77. The van der Waals surface area contributed by atoms with E-state index in [1.165, 1.54) is 55.6 Å². The van der Waals surface area contributed by atoms with Crippen molar-refractivity contribution in [2.24, 2.45) is 0 Å². The van der Waals surface area contributed by atoms with E-state index < -0.39 is 0 Å². The van der Waals surface area contributed by atoms with Crippen LogP contribution in [0.1, 0.15) is 45.2 Å². The number of hydrogen-bond donors (Lipinski definition) is 0. The second kappa shape index (κ2) is 6.80. The molecule has 0 saturated carbocycles. The predicted molar refractivity (Wildman–Crippen MR) is 132 cm³/mol. The summed E-state index contributed by atoms with van der Waals surface area (Å²) in [5.41, 5.74) is 14.0. The van der Waals surface area contributed by atoms with Crippen LogP contribution in [0.15, 0.2) is 121 Å². The van der Waals surface area contributed by atoms with Gasteiger partial charge in [0.25, 0.3) is 0 Å². The van der Waals surface area contributed by atoms with Gasteiger partial charge in [-0.05, 0) is 55.6 Å². The van der Waals surface area contributed by atoms with Gasteiger partial charge in [0.1, 0.15) is 0 Å². The molecule has 0 saturated heterocycles. The van der Waals surface area contributed by atoms with E-state index in [-0.39, 0.29) is 11.8 Å². The quantitative estimate of drug-likeness (QED) is 0.273. The summed E-state index contributed by atoms with van der Waals surface area (Å²) in [4.78, 5) is 0. The van der Waals surface area contributed by atoms with Gasteiger partial charge in [0.2, 0.25) is 0 Å². The monoisotopic (exact) mass is 406 g/mol. The van der Waals surface area contributed by atoms with E-state index in [1.54, 1.807) is 0 Å². The standard InChI is InChI=1S/C32H22/c1-5-15-25-21(11-1)22-12-2-6-16-26(22)31(25)29-19-9-10-20-30(29)32-27-17-7-3-13-23(27)24-14-4-8-18-28(24)32/h1-20,31-32H.